The third-order valence-corrected chi connectivity index (χ3v) is 6.27. The molecule has 0 saturated heterocycles. The first-order chi connectivity index (χ1) is 12.3. The van der Waals surface area contributed by atoms with Crippen LogP contribution in [-0.4, -0.2) is 4.57 Å². The van der Waals surface area contributed by atoms with Gasteiger partial charge in [-0.3, -0.25) is 0 Å². The second-order valence-corrected chi connectivity index (χ2v) is 7.93. The summed E-state index contributed by atoms with van der Waals surface area (Å²) >= 11 is 5.60. The van der Waals surface area contributed by atoms with Crippen molar-refractivity contribution in [1.29, 1.82) is 0 Å². The second kappa shape index (κ2) is 5.87. The zero-order chi connectivity index (χ0) is 16.8. The van der Waals surface area contributed by atoms with Crippen LogP contribution < -0.4 is 0 Å². The van der Waals surface area contributed by atoms with Crippen molar-refractivity contribution in [3.8, 4) is 16.9 Å². The van der Waals surface area contributed by atoms with Gasteiger partial charge in [-0.2, -0.15) is 0 Å². The van der Waals surface area contributed by atoms with Gasteiger partial charge in [-0.25, -0.2) is 0 Å². The Hall–Kier alpha value is -2.36. The van der Waals surface area contributed by atoms with Gasteiger partial charge in [-0.15, -0.1) is 11.3 Å². The molecular formula is C22H14BrNS. The minimum absolute atomic E-state index is 1.10. The van der Waals surface area contributed by atoms with Crippen LogP contribution in [0.1, 0.15) is 0 Å². The molecule has 25 heavy (non-hydrogen) atoms. The molecule has 0 saturated carbocycles. The number of benzene rings is 3. The molecule has 0 aliphatic carbocycles. The Balaban J connectivity index is 1.95. The fourth-order valence-electron chi connectivity index (χ4n) is 3.39. The average Bonchev–Trinajstić information content (AvgIpc) is 3.19. The van der Waals surface area contributed by atoms with Gasteiger partial charge in [-0.05, 0) is 45.8 Å². The number of halogens is 1. The molecule has 5 rings (SSSR count). The Kier molecular flexibility index (Phi) is 3.51. The van der Waals surface area contributed by atoms with E-state index in [0.29, 0.717) is 0 Å². The summed E-state index contributed by atoms with van der Waals surface area (Å²) in [5, 5.41) is 1.31. The van der Waals surface area contributed by atoms with Gasteiger partial charge in [0.05, 0.1) is 21.6 Å². The van der Waals surface area contributed by atoms with E-state index in [1.54, 1.807) is 0 Å². The van der Waals surface area contributed by atoms with E-state index in [0.717, 1.165) is 4.47 Å². The van der Waals surface area contributed by atoms with E-state index in [2.05, 4.69) is 105 Å². The lowest BCUT2D eigenvalue weighted by Gasteiger charge is -2.13. The first-order valence-electron chi connectivity index (χ1n) is 8.16. The molecular weight excluding hydrogens is 390 g/mol. The summed E-state index contributed by atoms with van der Waals surface area (Å²) in [5.74, 6) is 0. The number of para-hydroxylation sites is 1. The molecule has 0 amide bonds. The molecule has 0 N–H and O–H groups in total. The molecule has 0 radical (unpaired) electrons. The first-order valence-corrected chi connectivity index (χ1v) is 9.77. The van der Waals surface area contributed by atoms with E-state index in [1.807, 2.05) is 11.3 Å². The SMILES string of the molecule is Brc1ccccc1-n1c(-c2ccccc2)cc2sc3ccccc3c21. The van der Waals surface area contributed by atoms with E-state index < -0.39 is 0 Å². The Morgan fingerprint density at radius 2 is 1.44 bits per heavy atom. The van der Waals surface area contributed by atoms with Crippen molar-refractivity contribution >= 4 is 47.6 Å². The summed E-state index contributed by atoms with van der Waals surface area (Å²) in [6, 6.07) is 30.0. The topological polar surface area (TPSA) is 4.93 Å². The predicted molar refractivity (Wildman–Crippen MR) is 112 cm³/mol. The van der Waals surface area contributed by atoms with Crippen molar-refractivity contribution in [2.75, 3.05) is 0 Å². The van der Waals surface area contributed by atoms with Crippen LogP contribution in [0.2, 0.25) is 0 Å². The number of hydrogen-bond acceptors (Lipinski definition) is 1. The second-order valence-electron chi connectivity index (χ2n) is 5.99. The van der Waals surface area contributed by atoms with Gasteiger partial charge in [-0.1, -0.05) is 60.7 Å². The molecule has 0 spiro atoms. The molecule has 120 valence electrons. The maximum Gasteiger partial charge on any atom is 0.0722 e. The van der Waals surface area contributed by atoms with E-state index in [-0.39, 0.29) is 0 Å². The fraction of sp³-hybridized carbons (Fsp3) is 0. The summed E-state index contributed by atoms with van der Waals surface area (Å²) in [4.78, 5) is 0. The van der Waals surface area contributed by atoms with Gasteiger partial charge in [0.15, 0.2) is 0 Å². The monoisotopic (exact) mass is 403 g/mol. The van der Waals surface area contributed by atoms with Crippen LogP contribution in [0.25, 0.3) is 37.2 Å². The molecule has 3 heteroatoms. The van der Waals surface area contributed by atoms with Crippen molar-refractivity contribution in [3.63, 3.8) is 0 Å². The zero-order valence-electron chi connectivity index (χ0n) is 13.3. The zero-order valence-corrected chi connectivity index (χ0v) is 15.7. The molecule has 2 aromatic heterocycles. The van der Waals surface area contributed by atoms with Gasteiger partial charge < -0.3 is 4.57 Å². The predicted octanol–water partition coefficient (Wildman–Crippen LogP) is 7.27. The summed E-state index contributed by atoms with van der Waals surface area (Å²) in [5.41, 5.74) is 4.90. The lowest BCUT2D eigenvalue weighted by molar-refractivity contribution is 1.13. The molecule has 0 aliphatic heterocycles. The van der Waals surface area contributed by atoms with Crippen molar-refractivity contribution in [3.05, 3.63) is 89.4 Å². The van der Waals surface area contributed by atoms with Gasteiger partial charge in [0.1, 0.15) is 0 Å². The largest absolute Gasteiger partial charge is 0.307 e. The number of hydrogen-bond donors (Lipinski definition) is 0. The van der Waals surface area contributed by atoms with Crippen LogP contribution in [0.4, 0.5) is 0 Å². The van der Waals surface area contributed by atoms with Crippen molar-refractivity contribution < 1.29 is 0 Å². The Labute approximate surface area is 158 Å². The first kappa shape index (κ1) is 14.9. The van der Waals surface area contributed by atoms with Crippen LogP contribution in [0.5, 0.6) is 0 Å². The number of rotatable bonds is 2. The maximum atomic E-state index is 3.75. The molecule has 0 bridgehead atoms. The molecule has 0 fully saturated rings. The van der Waals surface area contributed by atoms with E-state index in [1.165, 1.54) is 37.2 Å². The smallest absolute Gasteiger partial charge is 0.0722 e. The van der Waals surface area contributed by atoms with Crippen LogP contribution >= 0.6 is 27.3 Å². The molecule has 0 unspecified atom stereocenters. The summed E-state index contributed by atoms with van der Waals surface area (Å²) in [6.07, 6.45) is 0. The maximum absolute atomic E-state index is 3.75. The third-order valence-electron chi connectivity index (χ3n) is 4.49. The Morgan fingerprint density at radius 1 is 0.720 bits per heavy atom. The standard InChI is InChI=1S/C22H14BrNS/c23-17-11-5-6-12-18(17)24-19(15-8-2-1-3-9-15)14-21-22(24)16-10-4-7-13-20(16)25-21/h1-14H. The number of aromatic nitrogens is 1. The number of thiophene rings is 1. The van der Waals surface area contributed by atoms with Crippen LogP contribution in [0.3, 0.4) is 0 Å². The average molecular weight is 404 g/mol. The number of nitrogens with zero attached hydrogens (tertiary/aromatic N) is 1. The molecule has 1 nitrogen and oxygen atoms in total. The summed E-state index contributed by atoms with van der Waals surface area (Å²) in [6.45, 7) is 0. The normalized spacial score (nSPS) is 11.4. The van der Waals surface area contributed by atoms with E-state index in [4.69, 9.17) is 0 Å². The highest BCUT2D eigenvalue weighted by Crippen LogP contribution is 2.41. The van der Waals surface area contributed by atoms with Gasteiger partial charge in [0.25, 0.3) is 0 Å². The number of fused-ring (bicyclic) bond motifs is 3. The van der Waals surface area contributed by atoms with Crippen molar-refractivity contribution in [1.82, 2.24) is 4.57 Å². The molecule has 0 aliphatic rings. The minimum atomic E-state index is 1.10. The van der Waals surface area contributed by atoms with Gasteiger partial charge in [0, 0.05) is 14.6 Å². The lowest BCUT2D eigenvalue weighted by Crippen LogP contribution is -1.97. The van der Waals surface area contributed by atoms with Crippen molar-refractivity contribution in [2.24, 2.45) is 0 Å². The van der Waals surface area contributed by atoms with Crippen LogP contribution in [0, 0.1) is 0 Å². The van der Waals surface area contributed by atoms with Crippen LogP contribution in [0.15, 0.2) is 89.4 Å². The van der Waals surface area contributed by atoms with E-state index >= 15 is 0 Å². The Bertz CT molecular complexity index is 1200. The van der Waals surface area contributed by atoms with Gasteiger partial charge >= 0.3 is 0 Å². The highest BCUT2D eigenvalue weighted by Gasteiger charge is 2.18. The molecule has 3 aromatic carbocycles. The molecule has 2 heterocycles. The summed E-state index contributed by atoms with van der Waals surface area (Å²) in [7, 11) is 0. The highest BCUT2D eigenvalue weighted by molar-refractivity contribution is 9.10. The molecule has 5 aromatic rings. The minimum Gasteiger partial charge on any atom is -0.307 e. The Morgan fingerprint density at radius 3 is 2.28 bits per heavy atom. The quantitative estimate of drug-likeness (QED) is 0.291. The third kappa shape index (κ3) is 2.35. The van der Waals surface area contributed by atoms with E-state index in [9.17, 15) is 0 Å². The molecule has 0 atom stereocenters. The lowest BCUT2D eigenvalue weighted by atomic mass is 10.1. The van der Waals surface area contributed by atoms with Gasteiger partial charge in [0.2, 0.25) is 0 Å². The summed E-state index contributed by atoms with van der Waals surface area (Å²) < 4.78 is 6.12. The fourth-order valence-corrected chi connectivity index (χ4v) is 4.98. The van der Waals surface area contributed by atoms with Crippen molar-refractivity contribution in [2.45, 2.75) is 0 Å². The van der Waals surface area contributed by atoms with Crippen LogP contribution in [-0.2, 0) is 0 Å². The highest BCUT2D eigenvalue weighted by atomic mass is 79.9.